The molecule has 0 saturated carbocycles. The first-order valence-corrected chi connectivity index (χ1v) is 6.39. The van der Waals surface area contributed by atoms with Gasteiger partial charge in [0.05, 0.1) is 7.11 Å². The van der Waals surface area contributed by atoms with Crippen molar-refractivity contribution in [2.75, 3.05) is 7.11 Å². The van der Waals surface area contributed by atoms with Crippen molar-refractivity contribution in [3.63, 3.8) is 0 Å². The van der Waals surface area contributed by atoms with Crippen molar-refractivity contribution in [2.24, 2.45) is 0 Å². The number of esters is 1. The summed E-state index contributed by atoms with van der Waals surface area (Å²) in [5.41, 5.74) is -0.180. The van der Waals surface area contributed by atoms with Crippen LogP contribution in [0.15, 0.2) is 11.6 Å². The number of aryl methyl sites for hydroxylation is 1. The smallest absolute Gasteiger partial charge is 0.434 e. The molecule has 4 nitrogen and oxygen atoms in total. The number of carbonyl (C=O) groups excluding carboxylic acids is 1. The number of carbonyl (C=O) groups is 1. The molecule has 0 saturated heterocycles. The third-order valence-corrected chi connectivity index (χ3v) is 3.50. The Bertz CT molecular complexity index is 588. The van der Waals surface area contributed by atoms with Crippen LogP contribution in [0.2, 0.25) is 0 Å². The van der Waals surface area contributed by atoms with Crippen LogP contribution in [0.25, 0.3) is 4.96 Å². The molecule has 0 atom stereocenters. The SMILES string of the molecule is COC(=O)CCCc1csc2nc(C(F)(F)F)cn12. The van der Waals surface area contributed by atoms with Gasteiger partial charge in [0, 0.05) is 23.7 Å². The number of hydrogen-bond acceptors (Lipinski definition) is 4. The average Bonchev–Trinajstić information content (AvgIpc) is 2.89. The van der Waals surface area contributed by atoms with Crippen LogP contribution in [-0.2, 0) is 22.1 Å². The minimum Gasteiger partial charge on any atom is -0.469 e. The van der Waals surface area contributed by atoms with Crippen LogP contribution >= 0.6 is 11.3 Å². The molecule has 0 N–H and O–H groups in total. The van der Waals surface area contributed by atoms with Gasteiger partial charge in [0.15, 0.2) is 10.7 Å². The predicted molar refractivity (Wildman–Crippen MR) is 63.0 cm³/mol. The molecule has 2 aromatic heterocycles. The molecule has 0 amide bonds. The van der Waals surface area contributed by atoms with Crippen LogP contribution in [0.5, 0.6) is 0 Å². The van der Waals surface area contributed by atoms with E-state index in [1.54, 1.807) is 5.38 Å². The molecule has 0 unspecified atom stereocenters. The number of rotatable bonds is 4. The van der Waals surface area contributed by atoms with Gasteiger partial charge < -0.3 is 4.74 Å². The van der Waals surface area contributed by atoms with E-state index in [1.165, 1.54) is 11.5 Å². The van der Waals surface area contributed by atoms with Gasteiger partial charge in [-0.1, -0.05) is 0 Å². The number of ether oxygens (including phenoxy) is 1. The van der Waals surface area contributed by atoms with Crippen molar-refractivity contribution in [3.8, 4) is 0 Å². The van der Waals surface area contributed by atoms with Gasteiger partial charge in [-0.3, -0.25) is 9.20 Å². The Balaban J connectivity index is 2.11. The van der Waals surface area contributed by atoms with Crippen molar-refractivity contribution >= 4 is 22.3 Å². The van der Waals surface area contributed by atoms with Gasteiger partial charge in [0.1, 0.15) is 0 Å². The molecule has 2 aromatic rings. The van der Waals surface area contributed by atoms with E-state index in [9.17, 15) is 18.0 Å². The quantitative estimate of drug-likeness (QED) is 0.814. The molecule has 104 valence electrons. The Morgan fingerprint density at radius 3 is 2.89 bits per heavy atom. The third kappa shape index (κ3) is 3.06. The van der Waals surface area contributed by atoms with E-state index in [4.69, 9.17) is 0 Å². The Morgan fingerprint density at radius 2 is 2.26 bits per heavy atom. The number of halogens is 3. The van der Waals surface area contributed by atoms with Gasteiger partial charge in [-0.05, 0) is 12.8 Å². The van der Waals surface area contributed by atoms with E-state index in [0.29, 0.717) is 23.5 Å². The molecule has 2 rings (SSSR count). The number of imidazole rings is 1. The number of alkyl halides is 3. The second kappa shape index (κ2) is 5.20. The summed E-state index contributed by atoms with van der Waals surface area (Å²) in [7, 11) is 1.30. The Labute approximate surface area is 110 Å². The predicted octanol–water partition coefficient (Wildman–Crippen LogP) is 2.91. The molecule has 0 spiro atoms. The van der Waals surface area contributed by atoms with E-state index in [2.05, 4.69) is 9.72 Å². The maximum Gasteiger partial charge on any atom is 0.434 e. The first-order valence-electron chi connectivity index (χ1n) is 5.51. The molecule has 2 heterocycles. The molecule has 0 fully saturated rings. The van der Waals surface area contributed by atoms with Gasteiger partial charge in [0.2, 0.25) is 0 Å². The number of hydrogen-bond donors (Lipinski definition) is 0. The van der Waals surface area contributed by atoms with Crippen LogP contribution in [-0.4, -0.2) is 22.5 Å². The number of fused-ring (bicyclic) bond motifs is 1. The lowest BCUT2D eigenvalue weighted by atomic mass is 10.2. The molecule has 0 aliphatic rings. The first kappa shape index (κ1) is 13.9. The van der Waals surface area contributed by atoms with E-state index in [1.807, 2.05) is 0 Å². The molecular formula is C11H11F3N2O2S. The molecule has 0 bridgehead atoms. The van der Waals surface area contributed by atoms with E-state index in [0.717, 1.165) is 17.5 Å². The van der Waals surface area contributed by atoms with Crippen LogP contribution in [0.4, 0.5) is 13.2 Å². The summed E-state index contributed by atoms with van der Waals surface area (Å²) in [6, 6.07) is 0. The number of aromatic nitrogens is 2. The van der Waals surface area contributed by atoms with E-state index >= 15 is 0 Å². The van der Waals surface area contributed by atoms with Crippen LogP contribution in [0.1, 0.15) is 24.2 Å². The summed E-state index contributed by atoms with van der Waals surface area (Å²) >= 11 is 1.15. The summed E-state index contributed by atoms with van der Waals surface area (Å²) in [5.74, 6) is -0.326. The van der Waals surface area contributed by atoms with E-state index in [-0.39, 0.29) is 12.4 Å². The van der Waals surface area contributed by atoms with Crippen molar-refractivity contribution in [1.82, 2.24) is 9.38 Å². The minimum absolute atomic E-state index is 0.245. The topological polar surface area (TPSA) is 43.6 Å². The Kier molecular flexibility index (Phi) is 3.79. The summed E-state index contributed by atoms with van der Waals surface area (Å²) in [4.78, 5) is 14.8. The lowest BCUT2D eigenvalue weighted by molar-refractivity contribution is -0.141. The fourth-order valence-corrected chi connectivity index (χ4v) is 2.57. The number of thiazole rings is 1. The number of methoxy groups -OCH3 is 1. The minimum atomic E-state index is -4.44. The van der Waals surface area contributed by atoms with Gasteiger partial charge in [-0.25, -0.2) is 4.98 Å². The average molecular weight is 292 g/mol. The summed E-state index contributed by atoms with van der Waals surface area (Å²) in [6.45, 7) is 0. The highest BCUT2D eigenvalue weighted by Gasteiger charge is 2.34. The molecule has 19 heavy (non-hydrogen) atoms. The molecule has 0 radical (unpaired) electrons. The Hall–Kier alpha value is -1.57. The van der Waals surface area contributed by atoms with Crippen molar-refractivity contribution in [1.29, 1.82) is 0 Å². The fraction of sp³-hybridized carbons (Fsp3) is 0.455. The van der Waals surface area contributed by atoms with Gasteiger partial charge in [0.25, 0.3) is 0 Å². The maximum absolute atomic E-state index is 12.5. The van der Waals surface area contributed by atoms with Crippen LogP contribution in [0, 0.1) is 0 Å². The normalized spacial score (nSPS) is 12.0. The highest BCUT2D eigenvalue weighted by molar-refractivity contribution is 7.15. The summed E-state index contributed by atoms with van der Waals surface area (Å²) in [6.07, 6.45) is -2.18. The van der Waals surface area contributed by atoms with Gasteiger partial charge in [-0.15, -0.1) is 11.3 Å². The lowest BCUT2D eigenvalue weighted by Crippen LogP contribution is -2.05. The zero-order chi connectivity index (χ0) is 14.0. The monoisotopic (exact) mass is 292 g/mol. The largest absolute Gasteiger partial charge is 0.469 e. The molecule has 0 aliphatic heterocycles. The molecule has 0 aliphatic carbocycles. The maximum atomic E-state index is 12.5. The Morgan fingerprint density at radius 1 is 1.53 bits per heavy atom. The van der Waals surface area contributed by atoms with Gasteiger partial charge in [-0.2, -0.15) is 13.2 Å². The van der Waals surface area contributed by atoms with Crippen LogP contribution < -0.4 is 0 Å². The molecule has 0 aromatic carbocycles. The highest BCUT2D eigenvalue weighted by Crippen LogP contribution is 2.30. The second-order valence-corrected chi connectivity index (χ2v) is 4.77. The third-order valence-electron chi connectivity index (χ3n) is 2.62. The number of nitrogens with zero attached hydrogens (tertiary/aromatic N) is 2. The van der Waals surface area contributed by atoms with E-state index < -0.39 is 11.9 Å². The van der Waals surface area contributed by atoms with Crippen LogP contribution in [0.3, 0.4) is 0 Å². The first-order chi connectivity index (χ1) is 8.91. The fourth-order valence-electron chi connectivity index (χ4n) is 1.66. The summed E-state index contributed by atoms with van der Waals surface area (Å²) in [5, 5.41) is 1.75. The van der Waals surface area contributed by atoms with Crippen molar-refractivity contribution in [2.45, 2.75) is 25.4 Å². The second-order valence-electron chi connectivity index (χ2n) is 3.93. The molecular weight excluding hydrogens is 281 g/mol. The highest BCUT2D eigenvalue weighted by atomic mass is 32.1. The standard InChI is InChI=1S/C11H11F3N2O2S/c1-18-9(17)4-2-3-7-6-19-10-15-8(5-16(7)10)11(12,13)14/h5-6H,2-4H2,1H3. The molecule has 8 heteroatoms. The summed E-state index contributed by atoms with van der Waals surface area (Å²) < 4.78 is 43.4. The van der Waals surface area contributed by atoms with Gasteiger partial charge >= 0.3 is 12.1 Å². The van der Waals surface area contributed by atoms with Crippen molar-refractivity contribution in [3.05, 3.63) is 23.0 Å². The zero-order valence-electron chi connectivity index (χ0n) is 10.0. The zero-order valence-corrected chi connectivity index (χ0v) is 10.8. The lowest BCUT2D eigenvalue weighted by Gasteiger charge is -2.01. The van der Waals surface area contributed by atoms with Crippen molar-refractivity contribution < 1.29 is 22.7 Å².